The summed E-state index contributed by atoms with van der Waals surface area (Å²) in [5, 5.41) is 9.65. The summed E-state index contributed by atoms with van der Waals surface area (Å²) in [7, 11) is 0. The van der Waals surface area contributed by atoms with Gasteiger partial charge in [-0.3, -0.25) is 0 Å². The molecule has 1 aliphatic rings. The van der Waals surface area contributed by atoms with Crippen molar-refractivity contribution < 1.29 is 14.6 Å². The molecule has 0 radical (unpaired) electrons. The molecule has 0 bridgehead atoms. The van der Waals surface area contributed by atoms with Gasteiger partial charge in [0.25, 0.3) is 0 Å². The molecule has 1 aromatic carbocycles. The van der Waals surface area contributed by atoms with Crippen LogP contribution in [-0.4, -0.2) is 11.1 Å². The monoisotopic (exact) mass is 216 g/mol. The van der Waals surface area contributed by atoms with Crippen molar-refractivity contribution in [2.45, 2.75) is 13.8 Å². The van der Waals surface area contributed by atoms with Crippen LogP contribution in [0.1, 0.15) is 18.1 Å². The van der Waals surface area contributed by atoms with E-state index in [1.54, 1.807) is 6.08 Å². The molecule has 1 N–H and O–H groups in total. The van der Waals surface area contributed by atoms with Crippen LogP contribution in [0.4, 0.5) is 0 Å². The molecule has 0 fully saturated rings. The van der Waals surface area contributed by atoms with Crippen LogP contribution in [0.3, 0.4) is 0 Å². The van der Waals surface area contributed by atoms with Crippen LogP contribution >= 0.6 is 0 Å². The van der Waals surface area contributed by atoms with E-state index in [9.17, 15) is 9.90 Å². The number of aryl methyl sites for hydroxylation is 1. The second kappa shape index (κ2) is 3.85. The van der Waals surface area contributed by atoms with Gasteiger partial charge in [-0.1, -0.05) is 24.3 Å². The van der Waals surface area contributed by atoms with Crippen LogP contribution in [0.25, 0.3) is 6.08 Å². The maximum atomic E-state index is 11.2. The van der Waals surface area contributed by atoms with Crippen molar-refractivity contribution in [3.63, 3.8) is 0 Å². The zero-order valence-corrected chi connectivity index (χ0v) is 9.15. The Labute approximate surface area is 93.7 Å². The molecular formula is C13H12O3. The minimum atomic E-state index is -0.489. The summed E-state index contributed by atoms with van der Waals surface area (Å²) in [5.74, 6) is -0.345. The van der Waals surface area contributed by atoms with Crippen LogP contribution in [0.2, 0.25) is 0 Å². The second-order valence-electron chi connectivity index (χ2n) is 3.73. The van der Waals surface area contributed by atoms with Crippen LogP contribution in [0.15, 0.2) is 41.4 Å². The molecule has 2 rings (SSSR count). The minimum Gasteiger partial charge on any atom is -0.504 e. The lowest BCUT2D eigenvalue weighted by Gasteiger charge is -2.01. The highest BCUT2D eigenvalue weighted by Gasteiger charge is 2.26. The number of aliphatic hydroxyl groups is 1. The smallest absolute Gasteiger partial charge is 0.343 e. The normalized spacial score (nSPS) is 18.1. The summed E-state index contributed by atoms with van der Waals surface area (Å²) in [6.45, 7) is 3.49. The molecule has 82 valence electrons. The maximum Gasteiger partial charge on any atom is 0.343 e. The molecule has 16 heavy (non-hydrogen) atoms. The van der Waals surface area contributed by atoms with Gasteiger partial charge in [0.15, 0.2) is 11.5 Å². The highest BCUT2D eigenvalue weighted by Crippen LogP contribution is 2.26. The largest absolute Gasteiger partial charge is 0.504 e. The summed E-state index contributed by atoms with van der Waals surface area (Å²) >= 11 is 0. The van der Waals surface area contributed by atoms with Gasteiger partial charge < -0.3 is 9.84 Å². The van der Waals surface area contributed by atoms with Gasteiger partial charge in [-0.05, 0) is 31.1 Å². The molecule has 1 aromatic rings. The maximum absolute atomic E-state index is 11.2. The number of esters is 1. The van der Waals surface area contributed by atoms with Crippen LogP contribution < -0.4 is 0 Å². The lowest BCUT2D eigenvalue weighted by molar-refractivity contribution is -0.133. The average molecular weight is 216 g/mol. The van der Waals surface area contributed by atoms with Gasteiger partial charge in [0.1, 0.15) is 0 Å². The highest BCUT2D eigenvalue weighted by molar-refractivity contribution is 5.94. The second-order valence-corrected chi connectivity index (χ2v) is 3.73. The number of hydrogen-bond acceptors (Lipinski definition) is 3. The molecular weight excluding hydrogens is 204 g/mol. The van der Waals surface area contributed by atoms with E-state index in [1.165, 1.54) is 6.92 Å². The predicted octanol–water partition coefficient (Wildman–Crippen LogP) is 2.72. The van der Waals surface area contributed by atoms with Gasteiger partial charge in [0.2, 0.25) is 0 Å². The third-order valence-electron chi connectivity index (χ3n) is 2.57. The van der Waals surface area contributed by atoms with Gasteiger partial charge in [-0.25, -0.2) is 4.79 Å². The average Bonchev–Trinajstić information content (AvgIpc) is 2.50. The van der Waals surface area contributed by atoms with Crippen LogP contribution in [0, 0.1) is 6.92 Å². The SMILES string of the molecule is CC1=C(O)/C(=C/c2ccccc2C)OC1=O. The number of rotatable bonds is 1. The van der Waals surface area contributed by atoms with E-state index < -0.39 is 5.97 Å². The highest BCUT2D eigenvalue weighted by atomic mass is 16.6. The summed E-state index contributed by atoms with van der Waals surface area (Å²) < 4.78 is 4.94. The van der Waals surface area contributed by atoms with Crippen molar-refractivity contribution in [2.24, 2.45) is 0 Å². The van der Waals surface area contributed by atoms with E-state index in [2.05, 4.69) is 0 Å². The van der Waals surface area contributed by atoms with Gasteiger partial charge in [-0.15, -0.1) is 0 Å². The van der Waals surface area contributed by atoms with E-state index in [4.69, 9.17) is 4.74 Å². The standard InChI is InChI=1S/C13H12O3/c1-8-5-3-4-6-10(8)7-11-12(14)9(2)13(15)16-11/h3-7,14H,1-2H3/b11-7-. The lowest BCUT2D eigenvalue weighted by Crippen LogP contribution is -1.95. The first kappa shape index (κ1) is 10.5. The summed E-state index contributed by atoms with van der Waals surface area (Å²) in [4.78, 5) is 11.2. The molecule has 3 heteroatoms. The third kappa shape index (κ3) is 1.72. The Morgan fingerprint density at radius 2 is 1.94 bits per heavy atom. The first-order chi connectivity index (χ1) is 7.59. The molecule has 0 aromatic heterocycles. The van der Waals surface area contributed by atoms with Crippen molar-refractivity contribution in [2.75, 3.05) is 0 Å². The fourth-order valence-electron chi connectivity index (χ4n) is 1.49. The lowest BCUT2D eigenvalue weighted by atomic mass is 10.1. The molecule has 0 aliphatic carbocycles. The fourth-order valence-corrected chi connectivity index (χ4v) is 1.49. The van der Waals surface area contributed by atoms with Gasteiger partial charge in [0.05, 0.1) is 5.57 Å². The Balaban J connectivity index is 2.42. The molecule has 1 heterocycles. The molecule has 0 unspecified atom stereocenters. The summed E-state index contributed by atoms with van der Waals surface area (Å²) in [6.07, 6.45) is 1.67. The number of cyclic esters (lactones) is 1. The van der Waals surface area contributed by atoms with Crippen molar-refractivity contribution >= 4 is 12.0 Å². The van der Waals surface area contributed by atoms with Gasteiger partial charge >= 0.3 is 5.97 Å². The zero-order chi connectivity index (χ0) is 11.7. The number of carbonyl (C=O) groups excluding carboxylic acids is 1. The van der Waals surface area contributed by atoms with Gasteiger partial charge in [0, 0.05) is 0 Å². The van der Waals surface area contributed by atoms with E-state index in [1.807, 2.05) is 31.2 Å². The molecule has 0 atom stereocenters. The van der Waals surface area contributed by atoms with E-state index in [0.717, 1.165) is 11.1 Å². The van der Waals surface area contributed by atoms with Crippen molar-refractivity contribution in [3.8, 4) is 0 Å². The van der Waals surface area contributed by atoms with Crippen LogP contribution in [-0.2, 0) is 9.53 Å². The Bertz CT molecular complexity index is 510. The van der Waals surface area contributed by atoms with Crippen molar-refractivity contribution in [1.82, 2.24) is 0 Å². The Hall–Kier alpha value is -2.03. The predicted molar refractivity (Wildman–Crippen MR) is 60.6 cm³/mol. The first-order valence-corrected chi connectivity index (χ1v) is 4.99. The van der Waals surface area contributed by atoms with Gasteiger partial charge in [-0.2, -0.15) is 0 Å². The Morgan fingerprint density at radius 3 is 2.50 bits per heavy atom. The molecule has 1 aliphatic heterocycles. The quantitative estimate of drug-likeness (QED) is 0.734. The fraction of sp³-hybridized carbons (Fsp3) is 0.154. The molecule has 3 nitrogen and oxygen atoms in total. The Morgan fingerprint density at radius 1 is 1.25 bits per heavy atom. The number of benzene rings is 1. The number of hydrogen-bond donors (Lipinski definition) is 1. The zero-order valence-electron chi connectivity index (χ0n) is 9.15. The topological polar surface area (TPSA) is 46.5 Å². The number of carbonyl (C=O) groups is 1. The summed E-state index contributed by atoms with van der Waals surface area (Å²) in [6, 6.07) is 7.68. The van der Waals surface area contributed by atoms with Crippen LogP contribution in [0.5, 0.6) is 0 Å². The molecule has 0 spiro atoms. The van der Waals surface area contributed by atoms with E-state index >= 15 is 0 Å². The van der Waals surface area contributed by atoms with Crippen molar-refractivity contribution in [1.29, 1.82) is 0 Å². The Kier molecular flexibility index (Phi) is 2.52. The van der Waals surface area contributed by atoms with Crippen molar-refractivity contribution in [3.05, 3.63) is 52.5 Å². The molecule has 0 saturated heterocycles. The van der Waals surface area contributed by atoms with E-state index in [0.29, 0.717) is 0 Å². The summed E-state index contributed by atoms with van der Waals surface area (Å²) in [5.41, 5.74) is 2.23. The number of ether oxygens (including phenoxy) is 1. The number of aliphatic hydroxyl groups excluding tert-OH is 1. The molecule has 0 amide bonds. The van der Waals surface area contributed by atoms with E-state index in [-0.39, 0.29) is 17.1 Å². The third-order valence-corrected chi connectivity index (χ3v) is 2.57. The molecule has 0 saturated carbocycles. The first-order valence-electron chi connectivity index (χ1n) is 4.99. The minimum absolute atomic E-state index is 0.0757.